The molecule has 0 aromatic rings. The van der Waals surface area contributed by atoms with Crippen LogP contribution in [0.5, 0.6) is 0 Å². The summed E-state index contributed by atoms with van der Waals surface area (Å²) < 4.78 is 10.8. The predicted octanol–water partition coefficient (Wildman–Crippen LogP) is 1.56. The number of hydrogen-bond donors (Lipinski definition) is 0. The van der Waals surface area contributed by atoms with Crippen molar-refractivity contribution in [2.75, 3.05) is 19.8 Å². The van der Waals surface area contributed by atoms with Gasteiger partial charge in [0.05, 0.1) is 0 Å². The first-order chi connectivity index (χ1) is 8.58. The predicted molar refractivity (Wildman–Crippen MR) is 66.8 cm³/mol. The number of hydrogen-bond acceptors (Lipinski definition) is 4. The maximum absolute atomic E-state index is 11.8. The molecule has 0 atom stereocenters. The second kappa shape index (κ2) is 7.48. The van der Waals surface area contributed by atoms with Crippen molar-refractivity contribution >= 4 is 11.8 Å². The van der Waals surface area contributed by atoms with Gasteiger partial charge in [-0.2, -0.15) is 0 Å². The molecule has 0 unspecified atom stereocenters. The first-order valence-corrected chi connectivity index (χ1v) is 6.64. The molecule has 1 saturated heterocycles. The third kappa shape index (κ3) is 4.38. The SMILES string of the molecule is CCOC(CCN1C(=O)CC(C)CC1=O)OCC. The van der Waals surface area contributed by atoms with Gasteiger partial charge in [-0.1, -0.05) is 6.92 Å². The topological polar surface area (TPSA) is 55.8 Å². The number of carbonyl (C=O) groups is 2. The van der Waals surface area contributed by atoms with E-state index in [4.69, 9.17) is 9.47 Å². The Hall–Kier alpha value is -0.940. The normalized spacial score (nSPS) is 17.9. The summed E-state index contributed by atoms with van der Waals surface area (Å²) in [6.45, 7) is 7.22. The highest BCUT2D eigenvalue weighted by Gasteiger charge is 2.30. The summed E-state index contributed by atoms with van der Waals surface area (Å²) in [5.41, 5.74) is 0. The molecular weight excluding hydrogens is 234 g/mol. The van der Waals surface area contributed by atoms with Gasteiger partial charge in [-0.25, -0.2) is 0 Å². The number of amides is 2. The fourth-order valence-corrected chi connectivity index (χ4v) is 2.10. The molecule has 0 spiro atoms. The highest BCUT2D eigenvalue weighted by molar-refractivity contribution is 5.97. The highest BCUT2D eigenvalue weighted by Crippen LogP contribution is 2.19. The van der Waals surface area contributed by atoms with Gasteiger partial charge in [0.2, 0.25) is 11.8 Å². The van der Waals surface area contributed by atoms with Crippen molar-refractivity contribution in [2.45, 2.75) is 46.3 Å². The molecule has 0 aromatic heterocycles. The average molecular weight is 257 g/mol. The minimum absolute atomic E-state index is 0.0782. The number of imide groups is 1. The molecule has 0 N–H and O–H groups in total. The number of piperidine rings is 1. The Balaban J connectivity index is 2.45. The fourth-order valence-electron chi connectivity index (χ4n) is 2.10. The molecule has 5 nitrogen and oxygen atoms in total. The van der Waals surface area contributed by atoms with Crippen LogP contribution >= 0.6 is 0 Å². The molecule has 5 heteroatoms. The molecule has 0 aromatic carbocycles. The van der Waals surface area contributed by atoms with Gasteiger partial charge in [-0.15, -0.1) is 0 Å². The zero-order valence-electron chi connectivity index (χ0n) is 11.5. The van der Waals surface area contributed by atoms with Crippen LogP contribution in [0, 0.1) is 5.92 Å². The minimum atomic E-state index is -0.333. The lowest BCUT2D eigenvalue weighted by Gasteiger charge is -2.29. The van der Waals surface area contributed by atoms with Gasteiger partial charge < -0.3 is 9.47 Å². The van der Waals surface area contributed by atoms with Gasteiger partial charge in [0, 0.05) is 39.0 Å². The molecule has 18 heavy (non-hydrogen) atoms. The maximum atomic E-state index is 11.8. The van der Waals surface area contributed by atoms with E-state index in [1.165, 1.54) is 4.90 Å². The molecule has 1 aliphatic heterocycles. The highest BCUT2D eigenvalue weighted by atomic mass is 16.7. The maximum Gasteiger partial charge on any atom is 0.229 e. The van der Waals surface area contributed by atoms with Gasteiger partial charge in [-0.05, 0) is 19.8 Å². The van der Waals surface area contributed by atoms with Crippen molar-refractivity contribution in [3.63, 3.8) is 0 Å². The van der Waals surface area contributed by atoms with Crippen LogP contribution in [0.3, 0.4) is 0 Å². The van der Waals surface area contributed by atoms with E-state index in [1.54, 1.807) is 0 Å². The van der Waals surface area contributed by atoms with Crippen LogP contribution in [0.4, 0.5) is 0 Å². The lowest BCUT2D eigenvalue weighted by Crippen LogP contribution is -2.44. The van der Waals surface area contributed by atoms with Crippen LogP contribution in [0.25, 0.3) is 0 Å². The monoisotopic (exact) mass is 257 g/mol. The van der Waals surface area contributed by atoms with E-state index in [1.807, 2.05) is 20.8 Å². The van der Waals surface area contributed by atoms with Crippen LogP contribution in [0.2, 0.25) is 0 Å². The van der Waals surface area contributed by atoms with E-state index in [-0.39, 0.29) is 24.0 Å². The van der Waals surface area contributed by atoms with E-state index < -0.39 is 0 Å². The summed E-state index contributed by atoms with van der Waals surface area (Å²) in [7, 11) is 0. The standard InChI is InChI=1S/C13H23NO4/c1-4-17-13(18-5-2)6-7-14-11(15)8-10(3)9-12(14)16/h10,13H,4-9H2,1-3H3. The number of likely N-dealkylation sites (tertiary alicyclic amines) is 1. The quantitative estimate of drug-likeness (QED) is 0.513. The summed E-state index contributed by atoms with van der Waals surface area (Å²) >= 11 is 0. The molecule has 0 saturated carbocycles. The second-order valence-electron chi connectivity index (χ2n) is 4.58. The molecule has 0 radical (unpaired) electrons. The van der Waals surface area contributed by atoms with Gasteiger partial charge in [-0.3, -0.25) is 14.5 Å². The van der Waals surface area contributed by atoms with Crippen molar-refractivity contribution < 1.29 is 19.1 Å². The first kappa shape index (κ1) is 15.1. The summed E-state index contributed by atoms with van der Waals surface area (Å²) in [4.78, 5) is 24.9. The zero-order chi connectivity index (χ0) is 13.5. The largest absolute Gasteiger partial charge is 0.353 e. The van der Waals surface area contributed by atoms with E-state index >= 15 is 0 Å². The molecule has 1 heterocycles. The lowest BCUT2D eigenvalue weighted by molar-refractivity contribution is -0.157. The van der Waals surface area contributed by atoms with Crippen molar-refractivity contribution in [3.05, 3.63) is 0 Å². The third-order valence-corrected chi connectivity index (χ3v) is 2.94. The number of rotatable bonds is 7. The molecule has 104 valence electrons. The molecule has 1 fully saturated rings. The zero-order valence-corrected chi connectivity index (χ0v) is 11.5. The van der Waals surface area contributed by atoms with E-state index in [0.717, 1.165) is 0 Å². The Morgan fingerprint density at radius 2 is 1.67 bits per heavy atom. The fraction of sp³-hybridized carbons (Fsp3) is 0.846. The van der Waals surface area contributed by atoms with Crippen molar-refractivity contribution in [3.8, 4) is 0 Å². The first-order valence-electron chi connectivity index (χ1n) is 6.64. The summed E-state index contributed by atoms with van der Waals surface area (Å²) in [6.07, 6.45) is 1.12. The van der Waals surface area contributed by atoms with Gasteiger partial charge in [0.1, 0.15) is 0 Å². The molecule has 1 rings (SSSR count). The van der Waals surface area contributed by atoms with E-state index in [2.05, 4.69) is 0 Å². The summed E-state index contributed by atoms with van der Waals surface area (Å²) in [5, 5.41) is 0. The van der Waals surface area contributed by atoms with Crippen molar-refractivity contribution in [2.24, 2.45) is 5.92 Å². The van der Waals surface area contributed by atoms with E-state index in [0.29, 0.717) is 39.0 Å². The molecule has 0 aliphatic carbocycles. The van der Waals surface area contributed by atoms with Gasteiger partial charge >= 0.3 is 0 Å². The Kier molecular flexibility index (Phi) is 6.29. The lowest BCUT2D eigenvalue weighted by atomic mass is 9.98. The van der Waals surface area contributed by atoms with Crippen LogP contribution in [0.15, 0.2) is 0 Å². The smallest absolute Gasteiger partial charge is 0.229 e. The van der Waals surface area contributed by atoms with E-state index in [9.17, 15) is 9.59 Å². The number of nitrogens with zero attached hydrogens (tertiary/aromatic N) is 1. The van der Waals surface area contributed by atoms with Crippen LogP contribution in [0.1, 0.15) is 40.0 Å². The molecule has 0 bridgehead atoms. The van der Waals surface area contributed by atoms with Crippen molar-refractivity contribution in [1.29, 1.82) is 0 Å². The Morgan fingerprint density at radius 3 is 2.11 bits per heavy atom. The van der Waals surface area contributed by atoms with Crippen LogP contribution in [-0.4, -0.2) is 42.8 Å². The van der Waals surface area contributed by atoms with Crippen LogP contribution in [-0.2, 0) is 19.1 Å². The average Bonchev–Trinajstić information content (AvgIpc) is 2.28. The Labute approximate surface area is 108 Å². The molecule has 1 aliphatic rings. The van der Waals surface area contributed by atoms with Crippen molar-refractivity contribution in [1.82, 2.24) is 4.90 Å². The number of carbonyl (C=O) groups excluding carboxylic acids is 2. The molecular formula is C13H23NO4. The van der Waals surface area contributed by atoms with Gasteiger partial charge in [0.15, 0.2) is 6.29 Å². The Bertz CT molecular complexity index is 269. The minimum Gasteiger partial charge on any atom is -0.353 e. The summed E-state index contributed by atoms with van der Waals surface area (Å²) in [6, 6.07) is 0. The number of ether oxygens (including phenoxy) is 2. The Morgan fingerprint density at radius 1 is 1.17 bits per heavy atom. The summed E-state index contributed by atoms with van der Waals surface area (Å²) in [5.74, 6) is 0.00632. The van der Waals surface area contributed by atoms with Crippen LogP contribution < -0.4 is 0 Å². The third-order valence-electron chi connectivity index (χ3n) is 2.94. The second-order valence-corrected chi connectivity index (χ2v) is 4.58. The van der Waals surface area contributed by atoms with Gasteiger partial charge in [0.25, 0.3) is 0 Å². The molecule has 2 amide bonds.